The van der Waals surface area contributed by atoms with Crippen LogP contribution in [0.25, 0.3) is 0 Å². The molecule has 5 nitrogen and oxygen atoms in total. The normalized spacial score (nSPS) is 14.2. The average molecular weight is 391 g/mol. The van der Waals surface area contributed by atoms with Crippen LogP contribution in [-0.4, -0.2) is 36.1 Å². The maximum Gasteiger partial charge on any atom is 0.136 e. The van der Waals surface area contributed by atoms with Gasteiger partial charge >= 0.3 is 0 Å². The molecule has 0 saturated carbocycles. The molecule has 1 saturated heterocycles. The minimum absolute atomic E-state index is 0.201. The molecule has 0 spiro atoms. The lowest BCUT2D eigenvalue weighted by atomic mass is 10.1. The van der Waals surface area contributed by atoms with Crippen molar-refractivity contribution in [3.05, 3.63) is 71.3 Å². The molecule has 3 aromatic rings. The molecular weight excluding hydrogens is 365 g/mol. The molecule has 0 radical (unpaired) electrons. The van der Waals surface area contributed by atoms with E-state index < -0.39 is 0 Å². The highest BCUT2D eigenvalue weighted by atomic mass is 19.1. The summed E-state index contributed by atoms with van der Waals surface area (Å²) in [5, 5.41) is 3.45. The molecular formula is C23H26FN5. The third-order valence-corrected chi connectivity index (χ3v) is 5.28. The Balaban J connectivity index is 1.48. The fourth-order valence-corrected chi connectivity index (χ4v) is 3.63. The number of hydrogen-bond donors (Lipinski definition) is 1. The van der Waals surface area contributed by atoms with Crippen molar-refractivity contribution in [2.75, 3.05) is 41.3 Å². The Labute approximate surface area is 171 Å². The van der Waals surface area contributed by atoms with Gasteiger partial charge in [-0.15, -0.1) is 0 Å². The number of anilines is 4. The van der Waals surface area contributed by atoms with E-state index in [1.165, 1.54) is 23.3 Å². The van der Waals surface area contributed by atoms with E-state index in [0.29, 0.717) is 0 Å². The zero-order valence-electron chi connectivity index (χ0n) is 17.1. The molecule has 0 aliphatic carbocycles. The highest BCUT2D eigenvalue weighted by molar-refractivity contribution is 5.64. The number of rotatable bonds is 4. The molecule has 0 amide bonds. The van der Waals surface area contributed by atoms with E-state index in [4.69, 9.17) is 0 Å². The van der Waals surface area contributed by atoms with E-state index in [-0.39, 0.29) is 5.82 Å². The number of halogens is 1. The van der Waals surface area contributed by atoms with Crippen LogP contribution in [0.3, 0.4) is 0 Å². The van der Waals surface area contributed by atoms with Gasteiger partial charge in [0.1, 0.15) is 23.3 Å². The van der Waals surface area contributed by atoms with Gasteiger partial charge in [0.25, 0.3) is 0 Å². The van der Waals surface area contributed by atoms with E-state index in [0.717, 1.165) is 55.0 Å². The van der Waals surface area contributed by atoms with Crippen molar-refractivity contribution < 1.29 is 4.39 Å². The lowest BCUT2D eigenvalue weighted by Crippen LogP contribution is -2.46. The molecule has 0 bridgehead atoms. The zero-order valence-corrected chi connectivity index (χ0v) is 17.1. The summed E-state index contributed by atoms with van der Waals surface area (Å²) in [7, 11) is 0. The molecule has 0 atom stereocenters. The van der Waals surface area contributed by atoms with Gasteiger partial charge in [0.15, 0.2) is 0 Å². The number of nitrogens with zero attached hydrogens (tertiary/aromatic N) is 4. The van der Waals surface area contributed by atoms with Crippen LogP contribution < -0.4 is 15.1 Å². The van der Waals surface area contributed by atoms with Crippen molar-refractivity contribution in [3.8, 4) is 0 Å². The fraction of sp³-hybridized carbons (Fsp3) is 0.304. The van der Waals surface area contributed by atoms with E-state index in [1.807, 2.05) is 25.1 Å². The first-order chi connectivity index (χ1) is 14.0. The minimum Gasteiger partial charge on any atom is -0.368 e. The Bertz CT molecular complexity index is 995. The molecule has 2 heterocycles. The van der Waals surface area contributed by atoms with Crippen LogP contribution in [-0.2, 0) is 0 Å². The zero-order chi connectivity index (χ0) is 20.4. The van der Waals surface area contributed by atoms with Crippen molar-refractivity contribution in [3.63, 3.8) is 0 Å². The van der Waals surface area contributed by atoms with Gasteiger partial charge in [-0.2, -0.15) is 0 Å². The van der Waals surface area contributed by atoms with Crippen LogP contribution in [0.4, 0.5) is 27.4 Å². The lowest BCUT2D eigenvalue weighted by molar-refractivity contribution is 0.624. The molecule has 2 aromatic carbocycles. The summed E-state index contributed by atoms with van der Waals surface area (Å²) in [6.07, 6.45) is 0. The lowest BCUT2D eigenvalue weighted by Gasteiger charge is -2.36. The predicted molar refractivity (Wildman–Crippen MR) is 117 cm³/mol. The summed E-state index contributed by atoms with van der Waals surface area (Å²) in [4.78, 5) is 13.8. The van der Waals surface area contributed by atoms with Crippen molar-refractivity contribution in [1.29, 1.82) is 0 Å². The van der Waals surface area contributed by atoms with E-state index in [1.54, 1.807) is 0 Å². The number of aryl methyl sites for hydroxylation is 3. The molecule has 1 N–H and O–H groups in total. The molecule has 1 aliphatic rings. The minimum atomic E-state index is -0.201. The molecule has 29 heavy (non-hydrogen) atoms. The second-order valence-electron chi connectivity index (χ2n) is 7.55. The fourth-order valence-electron chi connectivity index (χ4n) is 3.63. The van der Waals surface area contributed by atoms with Crippen molar-refractivity contribution in [2.24, 2.45) is 0 Å². The monoisotopic (exact) mass is 391 g/mol. The SMILES string of the molecule is Cc1ccc(C)c(Nc2cc(N3CCN(c4ccc(F)cc4)CC3)nc(C)n2)c1. The molecule has 6 heteroatoms. The maximum atomic E-state index is 13.2. The predicted octanol–water partition coefficient (Wildman–Crippen LogP) is 4.61. The van der Waals surface area contributed by atoms with Gasteiger partial charge < -0.3 is 15.1 Å². The Kier molecular flexibility index (Phi) is 5.34. The van der Waals surface area contributed by atoms with E-state index >= 15 is 0 Å². The summed E-state index contributed by atoms with van der Waals surface area (Å²) in [6.45, 7) is 9.55. The van der Waals surface area contributed by atoms with Crippen molar-refractivity contribution in [1.82, 2.24) is 9.97 Å². The van der Waals surface area contributed by atoms with E-state index in [2.05, 4.69) is 57.1 Å². The number of benzene rings is 2. The number of aromatic nitrogens is 2. The Hall–Kier alpha value is -3.15. The topological polar surface area (TPSA) is 44.3 Å². The second kappa shape index (κ2) is 8.07. The number of hydrogen-bond acceptors (Lipinski definition) is 5. The first kappa shape index (κ1) is 19.2. The van der Waals surface area contributed by atoms with Crippen LogP contribution in [0.15, 0.2) is 48.5 Å². The average Bonchev–Trinajstić information content (AvgIpc) is 2.71. The van der Waals surface area contributed by atoms with Gasteiger partial charge in [0, 0.05) is 43.6 Å². The van der Waals surface area contributed by atoms with Gasteiger partial charge in [-0.3, -0.25) is 0 Å². The summed E-state index contributed by atoms with van der Waals surface area (Å²) in [5.41, 5.74) is 4.51. The molecule has 4 rings (SSSR count). The van der Waals surface area contributed by atoms with Crippen LogP contribution in [0.1, 0.15) is 17.0 Å². The van der Waals surface area contributed by atoms with Gasteiger partial charge in [-0.05, 0) is 62.2 Å². The summed E-state index contributed by atoms with van der Waals surface area (Å²) >= 11 is 0. The second-order valence-corrected chi connectivity index (χ2v) is 7.55. The molecule has 1 fully saturated rings. The van der Waals surface area contributed by atoms with Gasteiger partial charge in [0.05, 0.1) is 0 Å². The highest BCUT2D eigenvalue weighted by Crippen LogP contribution is 2.25. The number of piperazine rings is 1. The summed E-state index contributed by atoms with van der Waals surface area (Å²) in [5.74, 6) is 2.29. The van der Waals surface area contributed by atoms with E-state index in [9.17, 15) is 4.39 Å². The van der Waals surface area contributed by atoms with Crippen molar-refractivity contribution in [2.45, 2.75) is 20.8 Å². The smallest absolute Gasteiger partial charge is 0.136 e. The summed E-state index contributed by atoms with van der Waals surface area (Å²) < 4.78 is 13.2. The third kappa shape index (κ3) is 4.47. The Morgan fingerprint density at radius 1 is 0.828 bits per heavy atom. The standard InChI is InChI=1S/C23H26FN5/c1-16-4-5-17(2)21(14-16)27-22-15-23(26-18(3)25-22)29-12-10-28(11-13-29)20-8-6-19(24)7-9-20/h4-9,14-15H,10-13H2,1-3H3,(H,25,26,27). The molecule has 0 unspecified atom stereocenters. The third-order valence-electron chi connectivity index (χ3n) is 5.28. The Morgan fingerprint density at radius 2 is 1.52 bits per heavy atom. The molecule has 150 valence electrons. The van der Waals surface area contributed by atoms with Crippen LogP contribution in [0, 0.1) is 26.6 Å². The van der Waals surface area contributed by atoms with Crippen LogP contribution in [0.5, 0.6) is 0 Å². The molecule has 1 aliphatic heterocycles. The first-order valence-corrected chi connectivity index (χ1v) is 9.93. The number of nitrogens with one attached hydrogen (secondary N) is 1. The van der Waals surface area contributed by atoms with Gasteiger partial charge in [0.2, 0.25) is 0 Å². The van der Waals surface area contributed by atoms with Gasteiger partial charge in [-0.1, -0.05) is 12.1 Å². The Morgan fingerprint density at radius 3 is 2.24 bits per heavy atom. The largest absolute Gasteiger partial charge is 0.368 e. The summed E-state index contributed by atoms with van der Waals surface area (Å²) in [6, 6.07) is 15.1. The molecule has 1 aromatic heterocycles. The van der Waals surface area contributed by atoms with Crippen molar-refractivity contribution >= 4 is 23.0 Å². The maximum absolute atomic E-state index is 13.2. The van der Waals surface area contributed by atoms with Crippen LogP contribution >= 0.6 is 0 Å². The van der Waals surface area contributed by atoms with Gasteiger partial charge in [-0.25, -0.2) is 14.4 Å². The quantitative estimate of drug-likeness (QED) is 0.704. The van der Waals surface area contributed by atoms with Crippen LogP contribution in [0.2, 0.25) is 0 Å². The first-order valence-electron chi connectivity index (χ1n) is 9.93. The highest BCUT2D eigenvalue weighted by Gasteiger charge is 2.19.